The first-order valence-electron chi connectivity index (χ1n) is 9.44. The van der Waals surface area contributed by atoms with Gasteiger partial charge < -0.3 is 8.85 Å². The monoisotopic (exact) mass is 398 g/mol. The molecule has 0 aliphatic rings. The van der Waals surface area contributed by atoms with Gasteiger partial charge in [0.15, 0.2) is 0 Å². The first-order chi connectivity index (χ1) is 12.6. The molecule has 144 valence electrons. The first-order valence-corrected chi connectivity index (χ1v) is 16.3. The third-order valence-electron chi connectivity index (χ3n) is 3.74. The Morgan fingerprint density at radius 3 is 1.59 bits per heavy atom. The Kier molecular flexibility index (Phi) is 6.90. The van der Waals surface area contributed by atoms with Crippen molar-refractivity contribution >= 4 is 22.7 Å². The van der Waals surface area contributed by atoms with Gasteiger partial charge in [0.25, 0.3) is 0 Å². The lowest BCUT2D eigenvalue weighted by Crippen LogP contribution is -2.29. The molecule has 0 aliphatic carbocycles. The highest BCUT2D eigenvalue weighted by Crippen LogP contribution is 2.24. The van der Waals surface area contributed by atoms with E-state index in [0.717, 1.165) is 17.1 Å². The number of benzene rings is 2. The average Bonchev–Trinajstić information content (AvgIpc) is 2.55. The minimum Gasteiger partial charge on any atom is -0.544 e. The SMILES string of the molecule is C=C[13CH](/C=[13CH]\c1ccc(O[Si](C)(C)C)cc1)c1ccc(O[Si](C)(C)C)cc1. The van der Waals surface area contributed by atoms with Gasteiger partial charge >= 0.3 is 0 Å². The van der Waals surface area contributed by atoms with Crippen LogP contribution in [0.1, 0.15) is 17.0 Å². The Morgan fingerprint density at radius 1 is 0.741 bits per heavy atom. The summed E-state index contributed by atoms with van der Waals surface area (Å²) in [5.41, 5.74) is 2.37. The normalized spacial score (nSPS) is 13.4. The molecule has 0 heterocycles. The second-order valence-electron chi connectivity index (χ2n) is 8.69. The standard InChI is InChI=1S/C23H32O2Si2/c1-8-20(21-13-17-23(18-14-21)25-27(5,6)7)12-9-19-10-15-22(16-11-19)24-26(2,3)4/h8-18,20H,1H2,2-7H3/b12-9-/i9+1,20+1. The van der Waals surface area contributed by atoms with Gasteiger partial charge in [-0.1, -0.05) is 42.5 Å². The summed E-state index contributed by atoms with van der Waals surface area (Å²) < 4.78 is 12.0. The lowest BCUT2D eigenvalue weighted by Gasteiger charge is -2.19. The molecule has 0 amide bonds. The Labute approximate surface area is 166 Å². The van der Waals surface area contributed by atoms with Crippen LogP contribution in [0.2, 0.25) is 39.3 Å². The highest BCUT2D eigenvalue weighted by molar-refractivity contribution is 6.70. The van der Waals surface area contributed by atoms with Crippen molar-refractivity contribution < 1.29 is 8.85 Å². The molecule has 0 saturated heterocycles. The van der Waals surface area contributed by atoms with Crippen LogP contribution in [-0.4, -0.2) is 16.6 Å². The van der Waals surface area contributed by atoms with E-state index in [1.807, 2.05) is 18.2 Å². The zero-order valence-electron chi connectivity index (χ0n) is 17.5. The second kappa shape index (κ2) is 8.76. The van der Waals surface area contributed by atoms with Crippen LogP contribution in [0.25, 0.3) is 6.08 Å². The minimum absolute atomic E-state index is 0.170. The number of hydrogen-bond donors (Lipinski definition) is 0. The lowest BCUT2D eigenvalue weighted by atomic mass is 10.2. The third-order valence-corrected chi connectivity index (χ3v) is 5.44. The molecule has 2 aromatic rings. The van der Waals surface area contributed by atoms with Crippen LogP contribution < -0.4 is 8.85 Å². The van der Waals surface area contributed by atoms with Gasteiger partial charge in [-0.2, -0.15) is 0 Å². The topological polar surface area (TPSA) is 18.5 Å². The number of allylic oxidation sites excluding steroid dienone is 2. The van der Waals surface area contributed by atoms with E-state index in [4.69, 9.17) is 8.85 Å². The van der Waals surface area contributed by atoms with E-state index in [0.29, 0.717) is 0 Å². The van der Waals surface area contributed by atoms with Crippen LogP contribution in [0, 0.1) is 0 Å². The van der Waals surface area contributed by atoms with Crippen LogP contribution in [0.4, 0.5) is 0 Å². The summed E-state index contributed by atoms with van der Waals surface area (Å²) in [6.45, 7) is 17.1. The first kappa shape index (κ1) is 21.3. The molecule has 2 aromatic carbocycles. The summed E-state index contributed by atoms with van der Waals surface area (Å²) in [6, 6.07) is 16.6. The molecule has 1 unspecified atom stereocenters. The Morgan fingerprint density at radius 2 is 1.19 bits per heavy atom. The van der Waals surface area contributed by atoms with Gasteiger partial charge in [-0.05, 0) is 74.7 Å². The summed E-state index contributed by atoms with van der Waals surface area (Å²) in [4.78, 5) is 0. The summed E-state index contributed by atoms with van der Waals surface area (Å²) in [5.74, 6) is 2.07. The molecule has 4 heteroatoms. The van der Waals surface area contributed by atoms with E-state index in [2.05, 4.69) is 94.4 Å². The predicted molar refractivity (Wildman–Crippen MR) is 123 cm³/mol. The van der Waals surface area contributed by atoms with E-state index in [1.165, 1.54) is 5.56 Å². The summed E-state index contributed by atoms with van der Waals surface area (Å²) in [7, 11) is -3.13. The maximum absolute atomic E-state index is 6.03. The summed E-state index contributed by atoms with van der Waals surface area (Å²) in [6.07, 6.45) is 6.28. The van der Waals surface area contributed by atoms with Crippen molar-refractivity contribution in [1.82, 2.24) is 0 Å². The van der Waals surface area contributed by atoms with Crippen LogP contribution >= 0.6 is 0 Å². The molecular formula is C23H32O2Si2. The van der Waals surface area contributed by atoms with Gasteiger partial charge in [0, 0.05) is 5.92 Å². The molecule has 0 aliphatic heterocycles. The zero-order valence-corrected chi connectivity index (χ0v) is 19.5. The summed E-state index contributed by atoms with van der Waals surface area (Å²) in [5, 5.41) is 0. The molecule has 2 rings (SSSR count). The molecule has 0 fully saturated rings. The van der Waals surface area contributed by atoms with Gasteiger partial charge in [0.05, 0.1) is 0 Å². The largest absolute Gasteiger partial charge is 0.544 e. The average molecular weight is 399 g/mol. The molecule has 0 saturated carbocycles. The van der Waals surface area contributed by atoms with E-state index in [9.17, 15) is 0 Å². The molecule has 0 bridgehead atoms. The molecule has 1 atom stereocenters. The van der Waals surface area contributed by atoms with Crippen LogP contribution in [0.15, 0.2) is 67.3 Å². The molecule has 27 heavy (non-hydrogen) atoms. The second-order valence-corrected chi connectivity index (χ2v) is 17.5. The fourth-order valence-electron chi connectivity index (χ4n) is 2.65. The van der Waals surface area contributed by atoms with E-state index < -0.39 is 16.6 Å². The zero-order chi connectivity index (χ0) is 20.1. The van der Waals surface area contributed by atoms with Gasteiger partial charge in [-0.3, -0.25) is 0 Å². The van der Waals surface area contributed by atoms with Crippen molar-refractivity contribution in [2.24, 2.45) is 0 Å². The molecule has 0 spiro atoms. The predicted octanol–water partition coefficient (Wildman–Crippen LogP) is 7.10. The van der Waals surface area contributed by atoms with Gasteiger partial charge in [-0.25, -0.2) is 0 Å². The smallest absolute Gasteiger partial charge is 0.242 e. The molecule has 0 N–H and O–H groups in total. The fraction of sp³-hybridized carbons (Fsp3) is 0.304. The van der Waals surface area contributed by atoms with E-state index in [-0.39, 0.29) is 5.92 Å². The van der Waals surface area contributed by atoms with Crippen molar-refractivity contribution in [1.29, 1.82) is 0 Å². The maximum atomic E-state index is 6.03. The van der Waals surface area contributed by atoms with Crippen molar-refractivity contribution in [3.63, 3.8) is 0 Å². The Hall–Kier alpha value is -2.05. The number of rotatable bonds is 8. The van der Waals surface area contributed by atoms with Crippen molar-refractivity contribution in [3.8, 4) is 11.5 Å². The molecule has 0 aromatic heterocycles. The van der Waals surface area contributed by atoms with Crippen molar-refractivity contribution in [2.45, 2.75) is 45.2 Å². The lowest BCUT2D eigenvalue weighted by molar-refractivity contribution is 0.557. The highest BCUT2D eigenvalue weighted by Gasteiger charge is 2.17. The minimum atomic E-state index is -1.57. The maximum Gasteiger partial charge on any atom is 0.242 e. The van der Waals surface area contributed by atoms with Crippen molar-refractivity contribution in [3.05, 3.63) is 78.4 Å². The van der Waals surface area contributed by atoms with Crippen LogP contribution in [0.3, 0.4) is 0 Å². The van der Waals surface area contributed by atoms with E-state index in [1.54, 1.807) is 0 Å². The Bertz CT molecular complexity index is 764. The highest BCUT2D eigenvalue weighted by atomic mass is 28.4. The van der Waals surface area contributed by atoms with Crippen molar-refractivity contribution in [2.75, 3.05) is 0 Å². The van der Waals surface area contributed by atoms with Gasteiger partial charge in [0.2, 0.25) is 16.6 Å². The van der Waals surface area contributed by atoms with Crippen LogP contribution in [-0.2, 0) is 0 Å². The molecule has 0 radical (unpaired) electrons. The molecule has 2 nitrogen and oxygen atoms in total. The van der Waals surface area contributed by atoms with Crippen LogP contribution in [0.5, 0.6) is 11.5 Å². The van der Waals surface area contributed by atoms with Gasteiger partial charge in [-0.15, -0.1) is 6.58 Å². The molecular weight excluding hydrogens is 366 g/mol. The third kappa shape index (κ3) is 7.61. The van der Waals surface area contributed by atoms with E-state index >= 15 is 0 Å². The Balaban J connectivity index is 2.06. The quantitative estimate of drug-likeness (QED) is 0.268. The fourth-order valence-corrected chi connectivity index (χ4v) is 4.34. The summed E-state index contributed by atoms with van der Waals surface area (Å²) >= 11 is 0. The van der Waals surface area contributed by atoms with Gasteiger partial charge in [0.1, 0.15) is 11.5 Å². The number of hydrogen-bond acceptors (Lipinski definition) is 2.